The van der Waals surface area contributed by atoms with E-state index in [-0.39, 0.29) is 0 Å². The molecule has 2 heterocycles. The number of aromatic nitrogens is 4. The van der Waals surface area contributed by atoms with Crippen molar-refractivity contribution in [2.24, 2.45) is 0 Å². The molecule has 0 unspecified atom stereocenters. The van der Waals surface area contributed by atoms with E-state index in [0.717, 1.165) is 4.68 Å². The molecule has 8 nitrogen and oxygen atoms in total. The van der Waals surface area contributed by atoms with Gasteiger partial charge < -0.3 is 0 Å². The first-order valence-corrected chi connectivity index (χ1v) is 5.89. The number of rotatable bonds is 2. The number of halogens is 1. The Morgan fingerprint density at radius 1 is 1.33 bits per heavy atom. The zero-order valence-electron chi connectivity index (χ0n) is 9.15. The van der Waals surface area contributed by atoms with Gasteiger partial charge in [0.05, 0.1) is 3.57 Å². The van der Waals surface area contributed by atoms with Crippen LogP contribution in [-0.2, 0) is 0 Å². The Balaban J connectivity index is 2.49. The molecule has 94 valence electrons. The third-order valence-electron chi connectivity index (χ3n) is 2.12. The summed E-state index contributed by atoms with van der Waals surface area (Å²) in [5, 5.41) is 0. The summed E-state index contributed by atoms with van der Waals surface area (Å²) in [5.74, 6) is 0.323. The first-order chi connectivity index (χ1) is 8.47. The van der Waals surface area contributed by atoms with E-state index in [1.54, 1.807) is 6.92 Å². The van der Waals surface area contributed by atoms with Crippen molar-refractivity contribution in [1.82, 2.24) is 19.6 Å². The predicted octanol–water partition coefficient (Wildman–Crippen LogP) is -0.592. The quantitative estimate of drug-likeness (QED) is 0.619. The Morgan fingerprint density at radius 2 is 2.06 bits per heavy atom. The van der Waals surface area contributed by atoms with E-state index in [0.29, 0.717) is 15.0 Å². The lowest BCUT2D eigenvalue weighted by Gasteiger charge is -2.09. The van der Waals surface area contributed by atoms with Crippen LogP contribution >= 0.6 is 22.6 Å². The van der Waals surface area contributed by atoms with Crippen molar-refractivity contribution >= 4 is 28.4 Å². The minimum Gasteiger partial charge on any atom is -0.290 e. The topological polar surface area (TPSA) is 113 Å². The van der Waals surface area contributed by atoms with E-state index < -0.39 is 16.9 Å². The van der Waals surface area contributed by atoms with E-state index >= 15 is 0 Å². The van der Waals surface area contributed by atoms with Gasteiger partial charge in [-0.05, 0) is 29.5 Å². The van der Waals surface area contributed by atoms with E-state index in [2.05, 4.69) is 20.4 Å². The molecule has 0 bridgehead atoms. The van der Waals surface area contributed by atoms with Gasteiger partial charge >= 0.3 is 11.4 Å². The minimum atomic E-state index is -0.626. The fourth-order valence-corrected chi connectivity index (χ4v) is 1.63. The van der Waals surface area contributed by atoms with Crippen LogP contribution in [0.25, 0.3) is 0 Å². The molecule has 0 aliphatic rings. The van der Waals surface area contributed by atoms with Gasteiger partial charge in [-0.1, -0.05) is 0 Å². The summed E-state index contributed by atoms with van der Waals surface area (Å²) in [6.07, 6.45) is 2.71. The average Bonchev–Trinajstić information content (AvgIpc) is 2.30. The second kappa shape index (κ2) is 4.76. The summed E-state index contributed by atoms with van der Waals surface area (Å²) in [7, 11) is 0. The van der Waals surface area contributed by atoms with Gasteiger partial charge in [0.2, 0.25) is 0 Å². The van der Waals surface area contributed by atoms with Crippen molar-refractivity contribution in [2.45, 2.75) is 6.92 Å². The van der Waals surface area contributed by atoms with Gasteiger partial charge in [0.1, 0.15) is 5.82 Å². The second-order valence-electron chi connectivity index (χ2n) is 3.46. The first kappa shape index (κ1) is 12.5. The van der Waals surface area contributed by atoms with Crippen molar-refractivity contribution in [3.8, 4) is 0 Å². The Bertz CT molecular complexity index is 760. The molecule has 0 aliphatic carbocycles. The molecule has 18 heavy (non-hydrogen) atoms. The SMILES string of the molecule is Cc1cn(Nc2[nH]c(=O)ncc2I)c(=O)[nH]c1=O. The van der Waals surface area contributed by atoms with Crippen LogP contribution in [0.2, 0.25) is 0 Å². The lowest BCUT2D eigenvalue weighted by atomic mass is 10.4. The zero-order chi connectivity index (χ0) is 13.3. The third kappa shape index (κ3) is 2.50. The van der Waals surface area contributed by atoms with Gasteiger partial charge in [-0.15, -0.1) is 0 Å². The van der Waals surface area contributed by atoms with Gasteiger partial charge in [0.15, 0.2) is 0 Å². The van der Waals surface area contributed by atoms with Crippen LogP contribution in [0.1, 0.15) is 5.56 Å². The van der Waals surface area contributed by atoms with Crippen molar-refractivity contribution in [2.75, 3.05) is 5.43 Å². The summed E-state index contributed by atoms with van der Waals surface area (Å²) in [6, 6.07) is 0. The summed E-state index contributed by atoms with van der Waals surface area (Å²) < 4.78 is 1.70. The normalized spacial score (nSPS) is 10.3. The summed E-state index contributed by atoms with van der Waals surface area (Å²) in [4.78, 5) is 41.9. The van der Waals surface area contributed by atoms with Crippen LogP contribution in [0.4, 0.5) is 5.82 Å². The Kier molecular flexibility index (Phi) is 3.32. The number of aromatic amines is 2. The minimum absolute atomic E-state index is 0.323. The highest BCUT2D eigenvalue weighted by molar-refractivity contribution is 14.1. The van der Waals surface area contributed by atoms with Crippen LogP contribution in [0.3, 0.4) is 0 Å². The van der Waals surface area contributed by atoms with E-state index in [4.69, 9.17) is 0 Å². The first-order valence-electron chi connectivity index (χ1n) is 4.82. The molecule has 9 heteroatoms. The molecule has 0 aliphatic heterocycles. The van der Waals surface area contributed by atoms with Crippen molar-refractivity contribution in [3.63, 3.8) is 0 Å². The Labute approximate surface area is 113 Å². The molecule has 0 atom stereocenters. The summed E-state index contributed by atoms with van der Waals surface area (Å²) in [5.41, 5.74) is 1.44. The molecule has 2 aromatic heterocycles. The fraction of sp³-hybridized carbons (Fsp3) is 0.111. The molecular formula is C9H8IN5O3. The molecule has 0 saturated heterocycles. The molecule has 0 amide bonds. The number of nitrogens with one attached hydrogen (secondary N) is 3. The van der Waals surface area contributed by atoms with Crippen LogP contribution < -0.4 is 22.4 Å². The van der Waals surface area contributed by atoms with Gasteiger partial charge in [-0.25, -0.2) is 19.2 Å². The van der Waals surface area contributed by atoms with Crippen molar-refractivity contribution in [3.05, 3.63) is 52.8 Å². The Morgan fingerprint density at radius 3 is 2.78 bits per heavy atom. The maximum Gasteiger partial charge on any atom is 0.347 e. The molecule has 0 saturated carbocycles. The molecule has 2 aromatic rings. The van der Waals surface area contributed by atoms with Gasteiger partial charge in [-0.2, -0.15) is 0 Å². The molecular weight excluding hydrogens is 353 g/mol. The van der Waals surface area contributed by atoms with Crippen LogP contribution in [0, 0.1) is 10.5 Å². The fourth-order valence-electron chi connectivity index (χ4n) is 1.23. The summed E-state index contributed by atoms with van der Waals surface area (Å²) >= 11 is 1.95. The van der Waals surface area contributed by atoms with Gasteiger partial charge in [0.25, 0.3) is 5.56 Å². The smallest absolute Gasteiger partial charge is 0.290 e. The summed E-state index contributed by atoms with van der Waals surface area (Å²) in [6.45, 7) is 1.57. The maximum atomic E-state index is 11.5. The van der Waals surface area contributed by atoms with Gasteiger partial charge in [-0.3, -0.25) is 20.2 Å². The van der Waals surface area contributed by atoms with Crippen molar-refractivity contribution in [1.29, 1.82) is 0 Å². The number of anilines is 1. The number of aryl methyl sites for hydroxylation is 1. The predicted molar refractivity (Wildman–Crippen MR) is 72.7 cm³/mol. The van der Waals surface area contributed by atoms with Crippen LogP contribution in [0.15, 0.2) is 26.8 Å². The average molecular weight is 361 g/mol. The van der Waals surface area contributed by atoms with Crippen molar-refractivity contribution < 1.29 is 0 Å². The monoisotopic (exact) mass is 361 g/mol. The molecule has 0 aromatic carbocycles. The molecule has 2 rings (SSSR count). The second-order valence-corrected chi connectivity index (χ2v) is 4.63. The molecule has 0 radical (unpaired) electrons. The number of H-pyrrole nitrogens is 2. The van der Waals surface area contributed by atoms with Gasteiger partial charge in [0, 0.05) is 18.0 Å². The van der Waals surface area contributed by atoms with E-state index in [9.17, 15) is 14.4 Å². The van der Waals surface area contributed by atoms with Crippen LogP contribution in [0.5, 0.6) is 0 Å². The Hall–Kier alpha value is -1.91. The number of hydrogen-bond acceptors (Lipinski definition) is 5. The molecule has 0 fully saturated rings. The number of hydrogen-bond donors (Lipinski definition) is 3. The zero-order valence-corrected chi connectivity index (χ0v) is 11.3. The standard InChI is InChI=1S/C9H8IN5O3/c1-4-3-15(9(18)13-7(4)16)14-6-5(10)2-11-8(17)12-6/h2-3H,1H3,(H,13,16,18)(H2,11,12,14,17). The van der Waals surface area contributed by atoms with E-state index in [1.807, 2.05) is 22.6 Å². The third-order valence-corrected chi connectivity index (χ3v) is 2.94. The lowest BCUT2D eigenvalue weighted by molar-refractivity contribution is 0.807. The van der Waals surface area contributed by atoms with E-state index in [1.165, 1.54) is 12.4 Å². The van der Waals surface area contributed by atoms with Crippen LogP contribution in [-0.4, -0.2) is 19.6 Å². The highest BCUT2D eigenvalue weighted by Gasteiger charge is 2.04. The largest absolute Gasteiger partial charge is 0.347 e. The highest BCUT2D eigenvalue weighted by Crippen LogP contribution is 2.10. The lowest BCUT2D eigenvalue weighted by Crippen LogP contribution is -2.35. The highest BCUT2D eigenvalue weighted by atomic mass is 127. The molecule has 3 N–H and O–H groups in total. The maximum absolute atomic E-state index is 11.5. The number of nitrogens with zero attached hydrogens (tertiary/aromatic N) is 2. The molecule has 0 spiro atoms.